The summed E-state index contributed by atoms with van der Waals surface area (Å²) in [5.74, 6) is -0.260. The maximum Gasteiger partial charge on any atom is 0.250 e. The van der Waals surface area contributed by atoms with E-state index in [1.54, 1.807) is 12.2 Å². The van der Waals surface area contributed by atoms with Crippen LogP contribution in [0.15, 0.2) is 61.2 Å². The number of hydrogen-bond acceptors (Lipinski definition) is 2. The van der Waals surface area contributed by atoms with Crippen molar-refractivity contribution in [2.75, 3.05) is 6.54 Å². The number of carbonyl (C=O) groups excluding carboxylic acids is 1. The smallest absolute Gasteiger partial charge is 0.250 e. The second-order valence-corrected chi connectivity index (χ2v) is 4.80. The molecule has 2 rings (SSSR count). The molecule has 0 aliphatic carbocycles. The number of rotatable bonds is 4. The summed E-state index contributed by atoms with van der Waals surface area (Å²) in [6.07, 6.45) is 4.93. The minimum Gasteiger partial charge on any atom is -0.359 e. The summed E-state index contributed by atoms with van der Waals surface area (Å²) in [4.78, 5) is 11.8. The van der Waals surface area contributed by atoms with E-state index in [1.807, 2.05) is 42.5 Å². The van der Waals surface area contributed by atoms with Crippen molar-refractivity contribution >= 4 is 40.1 Å². The second kappa shape index (κ2) is 7.36. The first kappa shape index (κ1) is 14.9. The van der Waals surface area contributed by atoms with Crippen LogP contribution in [0.2, 0.25) is 0 Å². The first-order chi connectivity index (χ1) is 10.2. The van der Waals surface area contributed by atoms with E-state index in [9.17, 15) is 4.79 Å². The van der Waals surface area contributed by atoms with Crippen LogP contribution in [-0.2, 0) is 4.79 Å². The van der Waals surface area contributed by atoms with Gasteiger partial charge in [0.2, 0.25) is 5.91 Å². The van der Waals surface area contributed by atoms with Gasteiger partial charge in [-0.25, -0.2) is 0 Å². The van der Waals surface area contributed by atoms with Gasteiger partial charge in [-0.1, -0.05) is 48.5 Å². The Morgan fingerprint density at radius 1 is 1.19 bits per heavy atom. The molecule has 0 unspecified atom stereocenters. The Morgan fingerprint density at radius 3 is 2.76 bits per heavy atom. The van der Waals surface area contributed by atoms with E-state index >= 15 is 0 Å². The molecule has 0 saturated carbocycles. The normalized spacial score (nSPS) is 10.5. The van der Waals surface area contributed by atoms with Crippen LogP contribution in [0.25, 0.3) is 16.8 Å². The van der Waals surface area contributed by atoms with Crippen LogP contribution in [-0.4, -0.2) is 17.6 Å². The average molecular weight is 296 g/mol. The molecule has 4 heteroatoms. The van der Waals surface area contributed by atoms with Crippen molar-refractivity contribution in [3.8, 4) is 0 Å². The summed E-state index contributed by atoms with van der Waals surface area (Å²) < 4.78 is 0. The Labute approximate surface area is 129 Å². The lowest BCUT2D eigenvalue weighted by molar-refractivity contribution is -0.115. The number of thiocarbonyl (C=S) groups is 1. The highest BCUT2D eigenvalue weighted by atomic mass is 32.1. The molecule has 2 aromatic rings. The maximum atomic E-state index is 11.8. The molecule has 0 fully saturated rings. The van der Waals surface area contributed by atoms with E-state index in [1.165, 1.54) is 6.08 Å². The molecule has 0 heterocycles. The predicted octanol–water partition coefficient (Wildman–Crippen LogP) is 3.03. The van der Waals surface area contributed by atoms with Crippen molar-refractivity contribution in [1.82, 2.24) is 10.6 Å². The van der Waals surface area contributed by atoms with Crippen LogP contribution >= 0.6 is 12.2 Å². The molecule has 106 valence electrons. The van der Waals surface area contributed by atoms with Crippen molar-refractivity contribution in [2.45, 2.75) is 0 Å². The van der Waals surface area contributed by atoms with Gasteiger partial charge in [0.15, 0.2) is 5.11 Å². The summed E-state index contributed by atoms with van der Waals surface area (Å²) in [5, 5.41) is 7.96. The van der Waals surface area contributed by atoms with E-state index in [-0.39, 0.29) is 5.91 Å². The summed E-state index contributed by atoms with van der Waals surface area (Å²) in [6, 6.07) is 14.0. The van der Waals surface area contributed by atoms with Gasteiger partial charge in [0.1, 0.15) is 0 Å². The van der Waals surface area contributed by atoms with E-state index in [2.05, 4.69) is 17.2 Å². The third-order valence-corrected chi connectivity index (χ3v) is 3.13. The quantitative estimate of drug-likeness (QED) is 0.518. The van der Waals surface area contributed by atoms with Gasteiger partial charge in [-0.2, -0.15) is 0 Å². The molecule has 0 atom stereocenters. The van der Waals surface area contributed by atoms with Crippen molar-refractivity contribution in [3.05, 3.63) is 66.8 Å². The Hall–Kier alpha value is -2.46. The van der Waals surface area contributed by atoms with Gasteiger partial charge >= 0.3 is 0 Å². The zero-order valence-electron chi connectivity index (χ0n) is 11.5. The number of hydrogen-bond donors (Lipinski definition) is 2. The van der Waals surface area contributed by atoms with Crippen LogP contribution in [0.3, 0.4) is 0 Å². The van der Waals surface area contributed by atoms with Crippen molar-refractivity contribution < 1.29 is 4.79 Å². The number of benzene rings is 2. The van der Waals surface area contributed by atoms with Gasteiger partial charge in [-0.3, -0.25) is 10.1 Å². The van der Waals surface area contributed by atoms with E-state index in [0.29, 0.717) is 11.7 Å². The molecule has 0 aliphatic rings. The number of carbonyl (C=O) groups is 1. The first-order valence-corrected chi connectivity index (χ1v) is 6.97. The van der Waals surface area contributed by atoms with E-state index in [4.69, 9.17) is 12.2 Å². The predicted molar refractivity (Wildman–Crippen MR) is 91.9 cm³/mol. The lowest BCUT2D eigenvalue weighted by Crippen LogP contribution is -2.38. The zero-order chi connectivity index (χ0) is 15.1. The van der Waals surface area contributed by atoms with E-state index in [0.717, 1.165) is 16.3 Å². The highest BCUT2D eigenvalue weighted by Gasteiger charge is 2.00. The van der Waals surface area contributed by atoms with Crippen molar-refractivity contribution in [1.29, 1.82) is 0 Å². The number of nitrogens with one attached hydrogen (secondary N) is 2. The lowest BCUT2D eigenvalue weighted by Gasteiger charge is -2.05. The molecular weight excluding hydrogens is 280 g/mol. The fraction of sp³-hybridized carbons (Fsp3) is 0.0588. The van der Waals surface area contributed by atoms with Gasteiger partial charge in [0, 0.05) is 12.6 Å². The zero-order valence-corrected chi connectivity index (χ0v) is 12.3. The van der Waals surface area contributed by atoms with Gasteiger partial charge in [-0.05, 0) is 34.6 Å². The molecule has 3 nitrogen and oxygen atoms in total. The molecule has 0 spiro atoms. The average Bonchev–Trinajstić information content (AvgIpc) is 2.51. The van der Waals surface area contributed by atoms with Crippen LogP contribution in [0.4, 0.5) is 0 Å². The standard InChI is InChI=1S/C17H16N2OS/c1-2-12-18-17(21)19-16(20)11-10-14-8-5-7-13-6-3-4-9-15(13)14/h2-11H,1,12H2,(H2,18,19,20,21)/b11-10+. The highest BCUT2D eigenvalue weighted by molar-refractivity contribution is 7.80. The van der Waals surface area contributed by atoms with Gasteiger partial charge in [0.25, 0.3) is 0 Å². The molecule has 0 bridgehead atoms. The molecule has 0 saturated heterocycles. The Morgan fingerprint density at radius 2 is 1.95 bits per heavy atom. The molecule has 21 heavy (non-hydrogen) atoms. The number of amides is 1. The SMILES string of the molecule is C=CCNC(=S)NC(=O)/C=C/c1cccc2ccccc12. The molecule has 0 aromatic heterocycles. The first-order valence-electron chi connectivity index (χ1n) is 6.56. The fourth-order valence-corrected chi connectivity index (χ4v) is 2.11. The van der Waals surface area contributed by atoms with E-state index < -0.39 is 0 Å². The van der Waals surface area contributed by atoms with Crippen LogP contribution < -0.4 is 10.6 Å². The van der Waals surface area contributed by atoms with Crippen LogP contribution in [0, 0.1) is 0 Å². The summed E-state index contributed by atoms with van der Waals surface area (Å²) in [6.45, 7) is 4.09. The molecule has 2 N–H and O–H groups in total. The van der Waals surface area contributed by atoms with Gasteiger partial charge in [-0.15, -0.1) is 6.58 Å². The minimum absolute atomic E-state index is 0.260. The van der Waals surface area contributed by atoms with Crippen molar-refractivity contribution in [2.24, 2.45) is 0 Å². The molecular formula is C17H16N2OS. The lowest BCUT2D eigenvalue weighted by atomic mass is 10.0. The molecule has 2 aromatic carbocycles. The van der Waals surface area contributed by atoms with Gasteiger partial charge < -0.3 is 5.32 Å². The third-order valence-electron chi connectivity index (χ3n) is 2.88. The second-order valence-electron chi connectivity index (χ2n) is 4.39. The molecule has 1 amide bonds. The molecule has 0 radical (unpaired) electrons. The summed E-state index contributed by atoms with van der Waals surface area (Å²) in [7, 11) is 0. The third kappa shape index (κ3) is 4.26. The minimum atomic E-state index is -0.260. The fourth-order valence-electron chi connectivity index (χ4n) is 1.92. The molecule has 0 aliphatic heterocycles. The Bertz CT molecular complexity index is 702. The monoisotopic (exact) mass is 296 g/mol. The highest BCUT2D eigenvalue weighted by Crippen LogP contribution is 2.19. The van der Waals surface area contributed by atoms with Gasteiger partial charge in [0.05, 0.1) is 0 Å². The summed E-state index contributed by atoms with van der Waals surface area (Å²) >= 11 is 4.98. The largest absolute Gasteiger partial charge is 0.359 e. The maximum absolute atomic E-state index is 11.8. The number of fused-ring (bicyclic) bond motifs is 1. The van der Waals surface area contributed by atoms with Crippen molar-refractivity contribution in [3.63, 3.8) is 0 Å². The topological polar surface area (TPSA) is 41.1 Å². The Balaban J connectivity index is 2.07. The summed E-state index contributed by atoms with van der Waals surface area (Å²) in [5.41, 5.74) is 0.994. The Kier molecular flexibility index (Phi) is 5.23. The van der Waals surface area contributed by atoms with Crippen LogP contribution in [0.1, 0.15) is 5.56 Å². The van der Waals surface area contributed by atoms with Crippen LogP contribution in [0.5, 0.6) is 0 Å².